The lowest BCUT2D eigenvalue weighted by Crippen LogP contribution is -2.25. The normalized spacial score (nSPS) is 12.6. The van der Waals surface area contributed by atoms with Crippen molar-refractivity contribution in [3.63, 3.8) is 0 Å². The molecule has 1 N–H and O–H groups in total. The summed E-state index contributed by atoms with van der Waals surface area (Å²) in [5.41, 5.74) is 0.449. The highest BCUT2D eigenvalue weighted by molar-refractivity contribution is 7.92. The predicted molar refractivity (Wildman–Crippen MR) is 82.4 cm³/mol. The molecule has 0 amide bonds. The number of aromatic nitrogens is 2. The molecule has 0 aliphatic heterocycles. The molecule has 2 rings (SSSR count). The van der Waals surface area contributed by atoms with E-state index in [1.165, 1.54) is 7.11 Å². The van der Waals surface area contributed by atoms with Gasteiger partial charge in [-0.2, -0.15) is 0 Å². The van der Waals surface area contributed by atoms with Gasteiger partial charge in [0.25, 0.3) is 0 Å². The monoisotopic (exact) mass is 323 g/mol. The number of rotatable bonds is 7. The minimum atomic E-state index is -3.46. The predicted octanol–water partition coefficient (Wildman–Crippen LogP) is 2.05. The van der Waals surface area contributed by atoms with Gasteiger partial charge < -0.3 is 9.47 Å². The second kappa shape index (κ2) is 7.19. The Morgan fingerprint density at radius 1 is 1.18 bits per heavy atom. The maximum atomic E-state index is 11.9. The van der Waals surface area contributed by atoms with Crippen LogP contribution in [0.3, 0.4) is 0 Å². The highest BCUT2D eigenvalue weighted by Gasteiger charge is 2.15. The third-order valence-corrected chi connectivity index (χ3v) is 4.19. The van der Waals surface area contributed by atoms with Gasteiger partial charge in [0.05, 0.1) is 11.9 Å². The first-order valence-electron chi connectivity index (χ1n) is 6.57. The van der Waals surface area contributed by atoms with Gasteiger partial charge in [-0.25, -0.2) is 18.4 Å². The van der Waals surface area contributed by atoms with Gasteiger partial charge in [-0.15, -0.1) is 0 Å². The molecule has 1 aromatic heterocycles. The molecule has 1 heterocycles. The van der Waals surface area contributed by atoms with Gasteiger partial charge in [-0.3, -0.25) is 4.72 Å². The number of ether oxygens (including phenoxy) is 2. The smallest absolute Gasteiger partial charge is 0.321 e. The quantitative estimate of drug-likeness (QED) is 0.838. The van der Waals surface area contributed by atoms with Crippen LogP contribution in [0.1, 0.15) is 6.92 Å². The Kier molecular flexibility index (Phi) is 5.29. The lowest BCUT2D eigenvalue weighted by Gasteiger charge is -2.12. The molecule has 0 fully saturated rings. The Balaban J connectivity index is 2.00. The van der Waals surface area contributed by atoms with Gasteiger partial charge in [0.2, 0.25) is 10.0 Å². The van der Waals surface area contributed by atoms with Crippen LogP contribution in [-0.2, 0) is 14.8 Å². The molecule has 2 aromatic rings. The Morgan fingerprint density at radius 2 is 1.82 bits per heavy atom. The third-order valence-electron chi connectivity index (χ3n) is 2.74. The van der Waals surface area contributed by atoms with Crippen molar-refractivity contribution in [2.24, 2.45) is 0 Å². The minimum Gasteiger partial charge on any atom is -0.424 e. The molecule has 1 atom stereocenters. The molecule has 0 saturated heterocycles. The van der Waals surface area contributed by atoms with Crippen LogP contribution < -0.4 is 9.46 Å². The highest BCUT2D eigenvalue weighted by atomic mass is 32.2. The zero-order chi connectivity index (χ0) is 16.0. The molecular formula is C14H17N3O4S. The molecule has 118 valence electrons. The van der Waals surface area contributed by atoms with Crippen molar-refractivity contribution in [2.45, 2.75) is 13.0 Å². The Hall–Kier alpha value is -2.19. The fourth-order valence-corrected chi connectivity index (χ4v) is 2.97. The first-order valence-corrected chi connectivity index (χ1v) is 8.22. The lowest BCUT2D eigenvalue weighted by molar-refractivity contribution is 0.136. The Labute approximate surface area is 129 Å². The van der Waals surface area contributed by atoms with E-state index in [4.69, 9.17) is 9.47 Å². The molecule has 0 saturated carbocycles. The van der Waals surface area contributed by atoms with Crippen LogP contribution in [0.15, 0.2) is 42.7 Å². The maximum absolute atomic E-state index is 11.9. The van der Waals surface area contributed by atoms with Crippen LogP contribution in [0, 0.1) is 0 Å². The summed E-state index contributed by atoms with van der Waals surface area (Å²) in [5.74, 6) is 0.402. The summed E-state index contributed by atoms with van der Waals surface area (Å²) in [4.78, 5) is 7.88. The molecule has 0 radical (unpaired) electrons. The summed E-state index contributed by atoms with van der Waals surface area (Å²) >= 11 is 0. The molecular weight excluding hydrogens is 306 g/mol. The van der Waals surface area contributed by atoms with Gasteiger partial charge in [0, 0.05) is 25.2 Å². The van der Waals surface area contributed by atoms with Gasteiger partial charge in [0.15, 0.2) is 0 Å². The summed E-state index contributed by atoms with van der Waals surface area (Å²) in [5, 5.41) is 0. The minimum absolute atomic E-state index is 0.112. The molecule has 0 spiro atoms. The second-order valence-corrected chi connectivity index (χ2v) is 6.35. The topological polar surface area (TPSA) is 90.4 Å². The number of hydrogen-bond donors (Lipinski definition) is 1. The van der Waals surface area contributed by atoms with Crippen LogP contribution in [0.4, 0.5) is 5.69 Å². The average molecular weight is 323 g/mol. The Bertz CT molecular complexity index is 690. The number of anilines is 1. The van der Waals surface area contributed by atoms with Crippen molar-refractivity contribution >= 4 is 15.7 Å². The second-order valence-electron chi connectivity index (χ2n) is 4.59. The summed E-state index contributed by atoms with van der Waals surface area (Å²) in [6.45, 7) is 1.69. The van der Waals surface area contributed by atoms with E-state index in [9.17, 15) is 8.42 Å². The molecule has 1 aromatic carbocycles. The fraction of sp³-hybridized carbons (Fsp3) is 0.286. The van der Waals surface area contributed by atoms with Crippen molar-refractivity contribution in [1.82, 2.24) is 9.97 Å². The first kappa shape index (κ1) is 16.2. The highest BCUT2D eigenvalue weighted by Crippen LogP contribution is 2.20. The zero-order valence-corrected chi connectivity index (χ0v) is 13.1. The van der Waals surface area contributed by atoms with Crippen LogP contribution in [0.2, 0.25) is 0 Å². The van der Waals surface area contributed by atoms with E-state index in [1.54, 1.807) is 49.6 Å². The van der Waals surface area contributed by atoms with Crippen molar-refractivity contribution in [3.8, 4) is 11.8 Å². The van der Waals surface area contributed by atoms with Crippen LogP contribution in [-0.4, -0.2) is 37.4 Å². The van der Waals surface area contributed by atoms with E-state index in [-0.39, 0.29) is 17.9 Å². The maximum Gasteiger partial charge on any atom is 0.321 e. The number of hydrogen-bond acceptors (Lipinski definition) is 6. The average Bonchev–Trinajstić information content (AvgIpc) is 2.49. The van der Waals surface area contributed by atoms with Gasteiger partial charge >= 0.3 is 6.01 Å². The largest absolute Gasteiger partial charge is 0.424 e. The number of sulfonamides is 1. The molecule has 0 bridgehead atoms. The summed E-state index contributed by atoms with van der Waals surface area (Å²) < 4.78 is 36.7. The van der Waals surface area contributed by atoms with E-state index in [0.717, 1.165) is 0 Å². The van der Waals surface area contributed by atoms with E-state index in [1.807, 2.05) is 0 Å². The van der Waals surface area contributed by atoms with E-state index >= 15 is 0 Å². The van der Waals surface area contributed by atoms with Crippen molar-refractivity contribution in [1.29, 1.82) is 0 Å². The molecule has 0 aliphatic rings. The SMILES string of the molecule is CO[C@@H](C)CS(=O)(=O)Nc1ccc(Oc2ncccn2)cc1. The molecule has 7 nitrogen and oxygen atoms in total. The first-order chi connectivity index (χ1) is 10.5. The number of nitrogens with zero attached hydrogens (tertiary/aromatic N) is 2. The zero-order valence-electron chi connectivity index (χ0n) is 12.3. The molecule has 22 heavy (non-hydrogen) atoms. The third kappa shape index (κ3) is 4.97. The van der Waals surface area contributed by atoms with E-state index in [2.05, 4.69) is 14.7 Å². The van der Waals surface area contributed by atoms with Gasteiger partial charge in [-0.05, 0) is 37.3 Å². The van der Waals surface area contributed by atoms with E-state index in [0.29, 0.717) is 11.4 Å². The number of benzene rings is 1. The van der Waals surface area contributed by atoms with Crippen LogP contribution in [0.25, 0.3) is 0 Å². The van der Waals surface area contributed by atoms with Crippen molar-refractivity contribution in [2.75, 3.05) is 17.6 Å². The summed E-state index contributed by atoms with van der Waals surface area (Å²) in [6.07, 6.45) is 2.76. The summed E-state index contributed by atoms with van der Waals surface area (Å²) in [7, 11) is -1.99. The lowest BCUT2D eigenvalue weighted by atomic mass is 10.3. The Morgan fingerprint density at radius 3 is 2.41 bits per heavy atom. The molecule has 0 aliphatic carbocycles. The number of methoxy groups -OCH3 is 1. The van der Waals surface area contributed by atoms with Gasteiger partial charge in [-0.1, -0.05) is 0 Å². The standard InChI is InChI=1S/C14H17N3O4S/c1-11(20-2)10-22(18,19)17-12-4-6-13(7-5-12)21-14-15-8-3-9-16-14/h3-9,11,17H,10H2,1-2H3/t11-/m0/s1. The van der Waals surface area contributed by atoms with Crippen LogP contribution in [0.5, 0.6) is 11.8 Å². The van der Waals surface area contributed by atoms with Gasteiger partial charge in [0.1, 0.15) is 5.75 Å². The van der Waals surface area contributed by atoms with Crippen molar-refractivity contribution in [3.05, 3.63) is 42.7 Å². The van der Waals surface area contributed by atoms with Crippen LogP contribution >= 0.6 is 0 Å². The molecule has 0 unspecified atom stereocenters. The fourth-order valence-electron chi connectivity index (χ4n) is 1.63. The summed E-state index contributed by atoms with van der Waals surface area (Å²) in [6, 6.07) is 8.39. The van der Waals surface area contributed by atoms with E-state index < -0.39 is 10.0 Å². The van der Waals surface area contributed by atoms with Crippen molar-refractivity contribution < 1.29 is 17.9 Å². The number of nitrogens with one attached hydrogen (secondary N) is 1. The molecule has 8 heteroatoms.